The molecule has 1 aromatic rings. The number of aryl methyl sites for hydroxylation is 1. The molecule has 0 bridgehead atoms. The molecule has 0 saturated carbocycles. The normalized spacial score (nSPS) is 10.4. The molecule has 0 aliphatic rings. The third-order valence-corrected chi connectivity index (χ3v) is 2.44. The van der Waals surface area contributed by atoms with Crippen LogP contribution in [0.5, 0.6) is 0 Å². The van der Waals surface area contributed by atoms with E-state index in [1.165, 1.54) is 0 Å². The summed E-state index contributed by atoms with van der Waals surface area (Å²) in [6, 6.07) is 1.83. The Morgan fingerprint density at radius 2 is 2.16 bits per heavy atom. The number of nitrogens with one attached hydrogen (secondary N) is 2. The molecule has 1 heterocycles. The van der Waals surface area contributed by atoms with Crippen molar-refractivity contribution in [2.24, 2.45) is 5.84 Å². The van der Waals surface area contributed by atoms with Crippen molar-refractivity contribution >= 4 is 17.5 Å². The zero-order valence-corrected chi connectivity index (χ0v) is 11.9. The van der Waals surface area contributed by atoms with Crippen LogP contribution in [0.2, 0.25) is 0 Å². The number of hydrogen-bond donors (Lipinski definition) is 3. The maximum atomic E-state index is 11.7. The fraction of sp³-hybridized carbons (Fsp3) is 0.583. The second kappa shape index (κ2) is 6.89. The number of rotatable bonds is 6. The van der Waals surface area contributed by atoms with Crippen molar-refractivity contribution in [3.05, 3.63) is 11.9 Å². The van der Waals surface area contributed by atoms with E-state index in [4.69, 9.17) is 5.84 Å². The van der Waals surface area contributed by atoms with Crippen molar-refractivity contribution in [2.75, 3.05) is 23.9 Å². The first-order chi connectivity index (χ1) is 8.96. The topological polar surface area (TPSA) is 96.2 Å². The third-order valence-electron chi connectivity index (χ3n) is 2.44. The molecule has 0 saturated heterocycles. The Balaban J connectivity index is 2.80. The lowest BCUT2D eigenvalue weighted by atomic mass is 10.3. The summed E-state index contributed by atoms with van der Waals surface area (Å²) in [6.45, 7) is 6.05. The van der Waals surface area contributed by atoms with Crippen LogP contribution in [0.1, 0.15) is 26.6 Å². The number of hydrazine groups is 1. The largest absolute Gasteiger partial charge is 0.352 e. The van der Waals surface area contributed by atoms with E-state index in [0.29, 0.717) is 23.9 Å². The predicted molar refractivity (Wildman–Crippen MR) is 75.8 cm³/mol. The van der Waals surface area contributed by atoms with Crippen molar-refractivity contribution in [3.8, 4) is 0 Å². The van der Waals surface area contributed by atoms with Gasteiger partial charge in [0.2, 0.25) is 5.91 Å². The van der Waals surface area contributed by atoms with Crippen molar-refractivity contribution in [2.45, 2.75) is 33.2 Å². The van der Waals surface area contributed by atoms with E-state index in [2.05, 4.69) is 20.7 Å². The van der Waals surface area contributed by atoms with E-state index in [1.54, 1.807) is 11.0 Å². The van der Waals surface area contributed by atoms with E-state index in [-0.39, 0.29) is 18.5 Å². The predicted octanol–water partition coefficient (Wildman–Crippen LogP) is 0.285. The molecule has 1 amide bonds. The number of carbonyl (C=O) groups is 1. The van der Waals surface area contributed by atoms with Gasteiger partial charge in [-0.3, -0.25) is 4.79 Å². The van der Waals surface area contributed by atoms with E-state index in [9.17, 15) is 4.79 Å². The first kappa shape index (κ1) is 15.2. The van der Waals surface area contributed by atoms with Gasteiger partial charge in [-0.1, -0.05) is 6.92 Å². The van der Waals surface area contributed by atoms with Crippen LogP contribution in [0, 0.1) is 0 Å². The van der Waals surface area contributed by atoms with Gasteiger partial charge in [-0.05, 0) is 13.8 Å². The zero-order chi connectivity index (χ0) is 14.4. The molecule has 0 aliphatic heterocycles. The van der Waals surface area contributed by atoms with Crippen molar-refractivity contribution in [1.29, 1.82) is 0 Å². The summed E-state index contributed by atoms with van der Waals surface area (Å²) in [4.78, 5) is 22.1. The number of aromatic nitrogens is 2. The summed E-state index contributed by atoms with van der Waals surface area (Å²) >= 11 is 0. The van der Waals surface area contributed by atoms with Gasteiger partial charge in [-0.15, -0.1) is 0 Å². The maximum Gasteiger partial charge on any atom is 0.239 e. The van der Waals surface area contributed by atoms with Crippen LogP contribution >= 0.6 is 0 Å². The second-order valence-corrected chi connectivity index (χ2v) is 4.60. The molecular weight excluding hydrogens is 244 g/mol. The first-order valence-electron chi connectivity index (χ1n) is 6.31. The lowest BCUT2D eigenvalue weighted by Gasteiger charge is -2.19. The molecule has 4 N–H and O–H groups in total. The molecule has 0 radical (unpaired) electrons. The Morgan fingerprint density at radius 3 is 2.68 bits per heavy atom. The second-order valence-electron chi connectivity index (χ2n) is 4.60. The van der Waals surface area contributed by atoms with Crippen LogP contribution < -0.4 is 21.5 Å². The Hall–Kier alpha value is -1.89. The number of hydrogen-bond acceptors (Lipinski definition) is 6. The Morgan fingerprint density at radius 1 is 1.47 bits per heavy atom. The van der Waals surface area contributed by atoms with Crippen molar-refractivity contribution in [3.63, 3.8) is 0 Å². The van der Waals surface area contributed by atoms with Gasteiger partial charge in [0.15, 0.2) is 0 Å². The summed E-state index contributed by atoms with van der Waals surface area (Å²) in [6.07, 6.45) is 0.703. The fourth-order valence-corrected chi connectivity index (χ4v) is 1.57. The van der Waals surface area contributed by atoms with Gasteiger partial charge in [-0.2, -0.15) is 0 Å². The summed E-state index contributed by atoms with van der Waals surface area (Å²) < 4.78 is 0. The zero-order valence-electron chi connectivity index (χ0n) is 11.9. The molecular formula is C12H22N6O. The molecule has 7 heteroatoms. The first-order valence-corrected chi connectivity index (χ1v) is 6.31. The molecule has 0 fully saturated rings. The molecule has 0 aliphatic carbocycles. The number of nitrogen functional groups attached to an aromatic ring is 1. The summed E-state index contributed by atoms with van der Waals surface area (Å²) in [7, 11) is 1.81. The Bertz CT molecular complexity index is 412. The fourth-order valence-electron chi connectivity index (χ4n) is 1.57. The quantitative estimate of drug-likeness (QED) is 0.506. The standard InChI is InChI=1S/C12H22N6O/c1-5-9-15-10(17-13)6-11(16-9)18(4)7-12(19)14-8(2)3/h6,8H,5,7,13H2,1-4H3,(H,14,19)(H,15,16,17). The van der Waals surface area contributed by atoms with Crippen LogP contribution in [0.3, 0.4) is 0 Å². The number of nitrogens with two attached hydrogens (primary N) is 1. The van der Waals surface area contributed by atoms with Gasteiger partial charge < -0.3 is 15.6 Å². The van der Waals surface area contributed by atoms with Crippen LogP contribution in [0.15, 0.2) is 6.07 Å². The van der Waals surface area contributed by atoms with Crippen molar-refractivity contribution in [1.82, 2.24) is 15.3 Å². The van der Waals surface area contributed by atoms with E-state index in [0.717, 1.165) is 0 Å². The van der Waals surface area contributed by atoms with Crippen molar-refractivity contribution < 1.29 is 4.79 Å². The van der Waals surface area contributed by atoms with Crippen LogP contribution in [-0.2, 0) is 11.2 Å². The monoisotopic (exact) mass is 266 g/mol. The summed E-state index contributed by atoms with van der Waals surface area (Å²) in [5.41, 5.74) is 2.50. The maximum absolute atomic E-state index is 11.7. The smallest absolute Gasteiger partial charge is 0.239 e. The molecule has 106 valence electrons. The highest BCUT2D eigenvalue weighted by molar-refractivity contribution is 5.81. The molecule has 19 heavy (non-hydrogen) atoms. The highest BCUT2D eigenvalue weighted by atomic mass is 16.2. The number of carbonyl (C=O) groups excluding carboxylic acids is 1. The highest BCUT2D eigenvalue weighted by Gasteiger charge is 2.11. The van der Waals surface area contributed by atoms with Gasteiger partial charge >= 0.3 is 0 Å². The van der Waals surface area contributed by atoms with Gasteiger partial charge in [0.1, 0.15) is 17.5 Å². The molecule has 7 nitrogen and oxygen atoms in total. The van der Waals surface area contributed by atoms with Crippen LogP contribution in [0.4, 0.5) is 11.6 Å². The minimum Gasteiger partial charge on any atom is -0.352 e. The van der Waals surface area contributed by atoms with E-state index < -0.39 is 0 Å². The third kappa shape index (κ3) is 4.70. The van der Waals surface area contributed by atoms with Crippen LogP contribution in [0.25, 0.3) is 0 Å². The Labute approximate surface area is 113 Å². The lowest BCUT2D eigenvalue weighted by Crippen LogP contribution is -2.39. The SMILES string of the molecule is CCc1nc(NN)cc(N(C)CC(=O)NC(C)C)n1. The molecule has 0 spiro atoms. The van der Waals surface area contributed by atoms with Gasteiger partial charge in [0, 0.05) is 25.6 Å². The Kier molecular flexibility index (Phi) is 5.50. The van der Waals surface area contributed by atoms with Gasteiger partial charge in [0.25, 0.3) is 0 Å². The average Bonchev–Trinajstić information content (AvgIpc) is 2.36. The average molecular weight is 266 g/mol. The minimum atomic E-state index is -0.0450. The minimum absolute atomic E-state index is 0.0450. The number of likely N-dealkylation sites (N-methyl/N-ethyl adjacent to an activating group) is 1. The molecule has 0 unspecified atom stereocenters. The number of amides is 1. The highest BCUT2D eigenvalue weighted by Crippen LogP contribution is 2.14. The summed E-state index contributed by atoms with van der Waals surface area (Å²) in [5.74, 6) is 7.21. The molecule has 1 aromatic heterocycles. The number of nitrogens with zero attached hydrogens (tertiary/aromatic N) is 3. The molecule has 1 rings (SSSR count). The van der Waals surface area contributed by atoms with Gasteiger partial charge in [-0.25, -0.2) is 15.8 Å². The van der Waals surface area contributed by atoms with Crippen LogP contribution in [-0.4, -0.2) is 35.5 Å². The lowest BCUT2D eigenvalue weighted by molar-refractivity contribution is -0.120. The van der Waals surface area contributed by atoms with Gasteiger partial charge in [0.05, 0.1) is 6.54 Å². The molecule has 0 atom stereocenters. The number of anilines is 2. The van der Waals surface area contributed by atoms with E-state index >= 15 is 0 Å². The molecule has 0 aromatic carbocycles. The summed E-state index contributed by atoms with van der Waals surface area (Å²) in [5, 5.41) is 2.84. The van der Waals surface area contributed by atoms with E-state index in [1.807, 2.05) is 27.8 Å².